The first-order valence-corrected chi connectivity index (χ1v) is 5.19. The van der Waals surface area contributed by atoms with Crippen molar-refractivity contribution in [2.45, 2.75) is 29.2 Å². The van der Waals surface area contributed by atoms with Crippen molar-refractivity contribution in [3.8, 4) is 0 Å². The third kappa shape index (κ3) is 3.25. The van der Waals surface area contributed by atoms with Crippen LogP contribution in [0.5, 0.6) is 0 Å². The first kappa shape index (κ1) is 23.4. The molecule has 3 nitrogen and oxygen atoms in total. The van der Waals surface area contributed by atoms with Crippen molar-refractivity contribution in [2.24, 2.45) is 0 Å². The summed E-state index contributed by atoms with van der Waals surface area (Å²) in [6.45, 7) is 0. The number of hydrogen-bond donors (Lipinski definition) is 0. The van der Waals surface area contributed by atoms with E-state index in [-0.39, 0.29) is 29.6 Å². The van der Waals surface area contributed by atoms with Crippen molar-refractivity contribution in [3.63, 3.8) is 0 Å². The third-order valence-corrected chi connectivity index (χ3v) is 2.71. The Morgan fingerprint density at radius 2 is 0.905 bits per heavy atom. The molecule has 0 aromatic rings. The van der Waals surface area contributed by atoms with Gasteiger partial charge < -0.3 is 4.55 Å². The normalized spacial score (nSPS) is 15.6. The molecule has 0 aliphatic heterocycles. The Morgan fingerprint density at radius 1 is 0.619 bits per heavy atom. The van der Waals surface area contributed by atoms with E-state index in [1.54, 1.807) is 0 Å². The molecule has 0 spiro atoms. The van der Waals surface area contributed by atoms with Crippen molar-refractivity contribution in [3.05, 3.63) is 0 Å². The van der Waals surface area contributed by atoms with Crippen molar-refractivity contribution in [1.29, 1.82) is 0 Å². The Kier molecular flexibility index (Phi) is 6.30. The molecule has 0 atom stereocenters. The van der Waals surface area contributed by atoms with Crippen molar-refractivity contribution in [1.82, 2.24) is 0 Å². The smallest absolute Gasteiger partial charge is 0.743 e. The minimum Gasteiger partial charge on any atom is -0.743 e. The van der Waals surface area contributed by atoms with E-state index in [0.717, 1.165) is 0 Å². The van der Waals surface area contributed by atoms with Crippen LogP contribution < -0.4 is 29.6 Å². The molecule has 0 heterocycles. The molecule has 0 N–H and O–H groups in total. The van der Waals surface area contributed by atoms with E-state index < -0.39 is 39.3 Å². The van der Waals surface area contributed by atoms with Gasteiger partial charge in [0.25, 0.3) is 0 Å². The van der Waals surface area contributed by atoms with E-state index in [2.05, 4.69) is 0 Å². The summed E-state index contributed by atoms with van der Waals surface area (Å²) in [5.74, 6) is -23.4. The largest absolute Gasteiger partial charge is 1.00 e. The summed E-state index contributed by atoms with van der Waals surface area (Å²) in [4.78, 5) is 0. The Morgan fingerprint density at radius 3 is 1.10 bits per heavy atom. The van der Waals surface area contributed by atoms with Gasteiger partial charge in [-0.1, -0.05) is 0 Å². The van der Waals surface area contributed by atoms with Crippen LogP contribution in [-0.2, 0) is 10.1 Å². The van der Waals surface area contributed by atoms with Gasteiger partial charge in [-0.25, -0.2) is 8.42 Å². The number of alkyl halides is 11. The standard InChI is InChI=1S/C5HF11O3S.Na/c6-1(7,2(8,9)4(12,13)14)3(10,11)5(15,16)20(17,18)19;/h(H,17,18,19);/q;+1/p-1/i5+1;. The minimum atomic E-state index is -7.90. The summed E-state index contributed by atoms with van der Waals surface area (Å²) >= 11 is 0. The fourth-order valence-corrected chi connectivity index (χ4v) is 1.16. The van der Waals surface area contributed by atoms with Gasteiger partial charge in [0.2, 0.25) is 0 Å². The maximum absolute atomic E-state index is 12.4. The Labute approximate surface area is 130 Å². The predicted octanol–water partition coefficient (Wildman–Crippen LogP) is -0.403. The molecular formula is C5F11NaO3S. The van der Waals surface area contributed by atoms with E-state index in [1.165, 1.54) is 0 Å². The van der Waals surface area contributed by atoms with Crippen molar-refractivity contribution in [2.75, 3.05) is 0 Å². The molecule has 0 aromatic heterocycles. The monoisotopic (exact) mass is 373 g/mol. The summed E-state index contributed by atoms with van der Waals surface area (Å²) in [6.07, 6.45) is -7.41. The first-order valence-electron chi connectivity index (χ1n) is 3.78. The zero-order valence-corrected chi connectivity index (χ0v) is 12.1. The van der Waals surface area contributed by atoms with Crippen LogP contribution in [0.1, 0.15) is 0 Å². The van der Waals surface area contributed by atoms with Crippen molar-refractivity contribution >= 4 is 10.1 Å². The van der Waals surface area contributed by atoms with Crippen LogP contribution in [0.15, 0.2) is 0 Å². The van der Waals surface area contributed by atoms with Crippen LogP contribution >= 0.6 is 0 Å². The molecule has 0 unspecified atom stereocenters. The SMILES string of the molecule is O=S(=O)([O-])[13C](F)(F)C(F)(F)C(F)(F)C(F)(F)C(F)(F)F.[Na+]. The second kappa shape index (κ2) is 5.65. The summed E-state index contributed by atoms with van der Waals surface area (Å²) in [5, 5.41) is -7.40. The van der Waals surface area contributed by atoms with Crippen LogP contribution in [-0.4, -0.2) is 42.2 Å². The molecule has 0 saturated heterocycles. The van der Waals surface area contributed by atoms with Gasteiger partial charge in [0.1, 0.15) is 0 Å². The fraction of sp³-hybridized carbons (Fsp3) is 1.00. The maximum atomic E-state index is 12.4. The molecular weight excluding hydrogens is 373 g/mol. The Balaban J connectivity index is 0. The van der Waals surface area contributed by atoms with Crippen LogP contribution in [0.4, 0.5) is 48.3 Å². The van der Waals surface area contributed by atoms with Crippen LogP contribution in [0.2, 0.25) is 0 Å². The molecule has 21 heavy (non-hydrogen) atoms. The summed E-state index contributed by atoms with van der Waals surface area (Å²) in [7, 11) is -7.66. The first-order chi connectivity index (χ1) is 8.25. The summed E-state index contributed by atoms with van der Waals surface area (Å²) in [5.41, 5.74) is 0. The zero-order chi connectivity index (χ0) is 17.0. The van der Waals surface area contributed by atoms with Gasteiger partial charge in [-0.3, -0.25) is 0 Å². The average Bonchev–Trinajstić information content (AvgIpc) is 2.12. The average molecular weight is 373 g/mol. The van der Waals surface area contributed by atoms with E-state index >= 15 is 0 Å². The van der Waals surface area contributed by atoms with Crippen LogP contribution in [0.25, 0.3) is 0 Å². The molecule has 0 radical (unpaired) electrons. The van der Waals surface area contributed by atoms with Gasteiger partial charge in [0.05, 0.1) is 0 Å². The number of hydrogen-bond acceptors (Lipinski definition) is 3. The Hall–Kier alpha value is 0.140. The van der Waals surface area contributed by atoms with Crippen LogP contribution in [0.3, 0.4) is 0 Å². The zero-order valence-electron chi connectivity index (χ0n) is 9.29. The van der Waals surface area contributed by atoms with E-state index in [9.17, 15) is 61.3 Å². The molecule has 0 rings (SSSR count). The van der Waals surface area contributed by atoms with Gasteiger partial charge in [-0.05, 0) is 0 Å². The summed E-state index contributed by atoms with van der Waals surface area (Å²) < 4.78 is 162. The molecule has 0 saturated carbocycles. The minimum absolute atomic E-state index is 0. The molecule has 0 aromatic carbocycles. The molecule has 0 amide bonds. The maximum Gasteiger partial charge on any atom is 1.00 e. The third-order valence-electron chi connectivity index (χ3n) is 1.82. The predicted molar refractivity (Wildman–Crippen MR) is 35.5 cm³/mol. The molecule has 0 aliphatic carbocycles. The van der Waals surface area contributed by atoms with E-state index in [1.807, 2.05) is 0 Å². The van der Waals surface area contributed by atoms with Gasteiger partial charge in [0.15, 0.2) is 10.1 Å². The second-order valence-corrected chi connectivity index (χ2v) is 4.61. The molecule has 0 fully saturated rings. The summed E-state index contributed by atoms with van der Waals surface area (Å²) in [6, 6.07) is 0. The van der Waals surface area contributed by atoms with Crippen molar-refractivity contribution < 1.29 is 90.8 Å². The van der Waals surface area contributed by atoms with Crippen LogP contribution in [0, 0.1) is 0 Å². The molecule has 0 aliphatic rings. The van der Waals surface area contributed by atoms with Gasteiger partial charge in [0, 0.05) is 0 Å². The fourth-order valence-electron chi connectivity index (χ4n) is 0.715. The van der Waals surface area contributed by atoms with Gasteiger partial charge in [-0.2, -0.15) is 48.3 Å². The van der Waals surface area contributed by atoms with Gasteiger partial charge in [-0.15, -0.1) is 0 Å². The van der Waals surface area contributed by atoms with E-state index in [0.29, 0.717) is 0 Å². The molecule has 122 valence electrons. The molecule has 0 bridgehead atoms. The molecule has 16 heteroatoms. The quantitative estimate of drug-likeness (QED) is 0.292. The Bertz CT molecular complexity index is 481. The van der Waals surface area contributed by atoms with E-state index in [4.69, 9.17) is 0 Å². The number of halogens is 11. The number of rotatable bonds is 4. The topological polar surface area (TPSA) is 57.2 Å². The van der Waals surface area contributed by atoms with Gasteiger partial charge >= 0.3 is 58.8 Å². The second-order valence-electron chi connectivity index (χ2n) is 3.19.